The summed E-state index contributed by atoms with van der Waals surface area (Å²) in [6, 6.07) is 0. The molecule has 0 aliphatic carbocycles. The van der Waals surface area contributed by atoms with Crippen LogP contribution in [0.25, 0.3) is 0 Å². The molecular formula is C77H126O6. The first-order chi connectivity index (χ1) is 41.0. The summed E-state index contributed by atoms with van der Waals surface area (Å²) in [5.74, 6) is -0.924. The van der Waals surface area contributed by atoms with Gasteiger partial charge in [-0.2, -0.15) is 0 Å². The molecule has 0 spiro atoms. The SMILES string of the molecule is CC/C=C\C/C=C\C/C=C\C/C=C\C/C=C\C/C=C\C/C=C\C/C=C\CCCCCCCCC(=O)OCC(COC(=O)CCCCCCC/C=C\C/C=C\C/C=C\CC)OC(=O)CCCCCCCCCCC/C=C\CCCCCCCC. The Morgan fingerprint density at radius 2 is 0.470 bits per heavy atom. The molecule has 0 aromatic rings. The maximum absolute atomic E-state index is 12.9. The average Bonchev–Trinajstić information content (AvgIpc) is 3.49. The van der Waals surface area contributed by atoms with Crippen molar-refractivity contribution in [3.8, 4) is 0 Å². The molecular weight excluding hydrogens is 1020 g/mol. The Morgan fingerprint density at radius 1 is 0.253 bits per heavy atom. The minimum Gasteiger partial charge on any atom is -0.462 e. The maximum Gasteiger partial charge on any atom is 0.306 e. The summed E-state index contributed by atoms with van der Waals surface area (Å²) in [6.45, 7) is 6.40. The van der Waals surface area contributed by atoms with E-state index in [1.165, 1.54) is 103 Å². The summed E-state index contributed by atoms with van der Waals surface area (Å²) in [5.41, 5.74) is 0. The van der Waals surface area contributed by atoms with E-state index < -0.39 is 6.10 Å². The number of hydrogen-bond donors (Lipinski definition) is 0. The third-order valence-electron chi connectivity index (χ3n) is 14.3. The second-order valence-corrected chi connectivity index (χ2v) is 22.3. The molecule has 6 heteroatoms. The molecule has 0 bridgehead atoms. The Labute approximate surface area is 512 Å². The molecule has 0 aromatic carbocycles. The van der Waals surface area contributed by atoms with Gasteiger partial charge in [0.1, 0.15) is 13.2 Å². The van der Waals surface area contributed by atoms with Gasteiger partial charge < -0.3 is 14.2 Å². The van der Waals surface area contributed by atoms with Crippen LogP contribution in [0.1, 0.15) is 303 Å². The molecule has 0 saturated heterocycles. The van der Waals surface area contributed by atoms with Crippen LogP contribution >= 0.6 is 0 Å². The lowest BCUT2D eigenvalue weighted by atomic mass is 10.1. The topological polar surface area (TPSA) is 78.9 Å². The van der Waals surface area contributed by atoms with Crippen molar-refractivity contribution < 1.29 is 28.6 Å². The van der Waals surface area contributed by atoms with Crippen molar-refractivity contribution in [3.05, 3.63) is 146 Å². The summed E-state index contributed by atoms with van der Waals surface area (Å²) in [4.78, 5) is 38.4. The Hall–Kier alpha value is -4.71. The monoisotopic (exact) mass is 1150 g/mol. The number of hydrogen-bond acceptors (Lipinski definition) is 6. The van der Waals surface area contributed by atoms with Crippen molar-refractivity contribution in [1.82, 2.24) is 0 Å². The molecule has 0 heterocycles. The average molecular weight is 1150 g/mol. The second kappa shape index (κ2) is 69.8. The highest BCUT2D eigenvalue weighted by Crippen LogP contribution is 2.15. The second-order valence-electron chi connectivity index (χ2n) is 22.3. The molecule has 0 saturated carbocycles. The fourth-order valence-electron chi connectivity index (χ4n) is 9.23. The maximum atomic E-state index is 12.9. The zero-order valence-electron chi connectivity index (χ0n) is 53.9. The van der Waals surface area contributed by atoms with Crippen LogP contribution in [0, 0.1) is 0 Å². The Morgan fingerprint density at radius 3 is 0.747 bits per heavy atom. The molecule has 0 N–H and O–H groups in total. The van der Waals surface area contributed by atoms with Crippen molar-refractivity contribution in [2.45, 2.75) is 309 Å². The largest absolute Gasteiger partial charge is 0.462 e. The van der Waals surface area contributed by atoms with Crippen molar-refractivity contribution in [2.24, 2.45) is 0 Å². The van der Waals surface area contributed by atoms with E-state index in [9.17, 15) is 14.4 Å². The Balaban J connectivity index is 4.38. The van der Waals surface area contributed by atoms with Gasteiger partial charge in [-0.05, 0) is 141 Å². The van der Waals surface area contributed by atoms with Crippen LogP contribution in [-0.2, 0) is 28.6 Å². The number of carbonyl (C=O) groups is 3. The number of allylic oxidation sites excluding steroid dienone is 24. The van der Waals surface area contributed by atoms with Gasteiger partial charge in [0.05, 0.1) is 0 Å². The molecule has 0 aromatic heterocycles. The summed E-state index contributed by atoms with van der Waals surface area (Å²) < 4.78 is 16.9. The van der Waals surface area contributed by atoms with E-state index in [4.69, 9.17) is 14.2 Å². The summed E-state index contributed by atoms with van der Waals surface area (Å²) in [5, 5.41) is 0. The van der Waals surface area contributed by atoms with E-state index in [0.29, 0.717) is 19.3 Å². The summed E-state index contributed by atoms with van der Waals surface area (Å²) >= 11 is 0. The molecule has 0 aliphatic rings. The third kappa shape index (κ3) is 68.0. The van der Waals surface area contributed by atoms with Crippen LogP contribution in [0.2, 0.25) is 0 Å². The van der Waals surface area contributed by atoms with Crippen molar-refractivity contribution in [3.63, 3.8) is 0 Å². The fraction of sp³-hybridized carbons (Fsp3) is 0.649. The molecule has 0 radical (unpaired) electrons. The smallest absolute Gasteiger partial charge is 0.306 e. The van der Waals surface area contributed by atoms with Crippen LogP contribution in [0.15, 0.2) is 146 Å². The van der Waals surface area contributed by atoms with E-state index in [1.807, 2.05) is 0 Å². The third-order valence-corrected chi connectivity index (χ3v) is 14.3. The summed E-state index contributed by atoms with van der Waals surface area (Å²) in [6.07, 6.45) is 100. The van der Waals surface area contributed by atoms with E-state index >= 15 is 0 Å². The first kappa shape index (κ1) is 78.3. The predicted molar refractivity (Wildman–Crippen MR) is 362 cm³/mol. The highest BCUT2D eigenvalue weighted by Gasteiger charge is 2.19. The zero-order valence-corrected chi connectivity index (χ0v) is 53.9. The van der Waals surface area contributed by atoms with Gasteiger partial charge >= 0.3 is 17.9 Å². The van der Waals surface area contributed by atoms with Crippen molar-refractivity contribution >= 4 is 17.9 Å². The predicted octanol–water partition coefficient (Wildman–Crippen LogP) is 23.9. The van der Waals surface area contributed by atoms with Crippen molar-refractivity contribution in [1.29, 1.82) is 0 Å². The van der Waals surface area contributed by atoms with Gasteiger partial charge in [0.25, 0.3) is 0 Å². The molecule has 1 atom stereocenters. The minimum atomic E-state index is -0.800. The normalized spacial score (nSPS) is 13.0. The number of unbranched alkanes of at least 4 members (excludes halogenated alkanes) is 26. The quantitative estimate of drug-likeness (QED) is 0.0261. The summed E-state index contributed by atoms with van der Waals surface area (Å²) in [7, 11) is 0. The molecule has 83 heavy (non-hydrogen) atoms. The van der Waals surface area contributed by atoms with E-state index in [-0.39, 0.29) is 31.1 Å². The first-order valence-corrected chi connectivity index (χ1v) is 34.3. The molecule has 470 valence electrons. The Bertz CT molecular complexity index is 1800. The zero-order chi connectivity index (χ0) is 59.9. The van der Waals surface area contributed by atoms with Crippen LogP contribution < -0.4 is 0 Å². The minimum absolute atomic E-state index is 0.0960. The number of carbonyl (C=O) groups excluding carboxylic acids is 3. The van der Waals surface area contributed by atoms with Gasteiger partial charge in [0.2, 0.25) is 0 Å². The lowest BCUT2D eigenvalue weighted by molar-refractivity contribution is -0.167. The Kier molecular flexibility index (Phi) is 65.8. The number of ether oxygens (including phenoxy) is 3. The van der Waals surface area contributed by atoms with Gasteiger partial charge in [-0.1, -0.05) is 289 Å². The molecule has 0 aliphatic heterocycles. The molecule has 6 nitrogen and oxygen atoms in total. The van der Waals surface area contributed by atoms with Crippen LogP contribution in [0.3, 0.4) is 0 Å². The lowest BCUT2D eigenvalue weighted by Crippen LogP contribution is -2.30. The molecule has 0 amide bonds. The van der Waals surface area contributed by atoms with Gasteiger partial charge in [0.15, 0.2) is 6.10 Å². The van der Waals surface area contributed by atoms with E-state index in [1.54, 1.807) is 0 Å². The molecule has 0 rings (SSSR count). The van der Waals surface area contributed by atoms with Crippen LogP contribution in [-0.4, -0.2) is 37.2 Å². The van der Waals surface area contributed by atoms with Crippen molar-refractivity contribution in [2.75, 3.05) is 13.2 Å². The standard InChI is InChI=1S/C77H126O6/c1-4-7-10-13-16-19-22-25-28-30-32-33-34-35-36-37-38-39-40-41-42-43-45-46-49-52-55-58-61-64-67-70-76(79)82-73-74(72-81-75(78)69-66-63-60-57-54-51-48-27-24-21-18-15-12-9-6-3)83-77(80)71-68-65-62-59-56-53-50-47-44-31-29-26-23-20-17-14-11-8-5-2/h7,9-10,12,16,18-19,21,25-29,32-33,35-36,38-39,41-42,45-46,48,74H,4-6,8,11,13-15,17,20,22-24,30-31,34,37,40,43-44,47,49-73H2,1-3H3/b10-7-,12-9-,19-16-,21-18-,28-25-,29-26-,33-32-,36-35-,39-38-,42-41-,46-45-,48-27-. The number of esters is 3. The fourth-order valence-corrected chi connectivity index (χ4v) is 9.23. The van der Waals surface area contributed by atoms with E-state index in [0.717, 1.165) is 161 Å². The van der Waals surface area contributed by atoms with Gasteiger partial charge in [-0.25, -0.2) is 0 Å². The highest BCUT2D eigenvalue weighted by molar-refractivity contribution is 5.71. The lowest BCUT2D eigenvalue weighted by Gasteiger charge is -2.18. The van der Waals surface area contributed by atoms with Crippen LogP contribution in [0.4, 0.5) is 0 Å². The number of rotatable bonds is 61. The first-order valence-electron chi connectivity index (χ1n) is 34.3. The molecule has 0 fully saturated rings. The van der Waals surface area contributed by atoms with Crippen LogP contribution in [0.5, 0.6) is 0 Å². The highest BCUT2D eigenvalue weighted by atomic mass is 16.6. The van der Waals surface area contributed by atoms with Gasteiger partial charge in [-0.3, -0.25) is 14.4 Å². The van der Waals surface area contributed by atoms with Gasteiger partial charge in [0, 0.05) is 19.3 Å². The molecule has 1 unspecified atom stereocenters. The van der Waals surface area contributed by atoms with E-state index in [2.05, 4.69) is 167 Å². The van der Waals surface area contributed by atoms with Gasteiger partial charge in [-0.15, -0.1) is 0 Å².